The summed E-state index contributed by atoms with van der Waals surface area (Å²) in [4.78, 5) is 35.2. The summed E-state index contributed by atoms with van der Waals surface area (Å²) in [6.07, 6.45) is 2.30. The minimum atomic E-state index is -0.149. The fourth-order valence-corrected chi connectivity index (χ4v) is 3.30. The highest BCUT2D eigenvalue weighted by molar-refractivity contribution is 9.10. The van der Waals surface area contributed by atoms with Crippen molar-refractivity contribution in [1.82, 2.24) is 5.32 Å². The van der Waals surface area contributed by atoms with Crippen LogP contribution in [-0.2, 0) is 20.8 Å². The van der Waals surface area contributed by atoms with Crippen LogP contribution in [0.2, 0.25) is 0 Å². The molecule has 158 valence electrons. The summed E-state index contributed by atoms with van der Waals surface area (Å²) in [5, 5.41) is 8.37. The summed E-state index contributed by atoms with van der Waals surface area (Å²) in [5.74, 6) is 0.510. The maximum absolute atomic E-state index is 11.9. The van der Waals surface area contributed by atoms with Gasteiger partial charge < -0.3 is 20.7 Å². The molecule has 30 heavy (non-hydrogen) atoms. The smallest absolute Gasteiger partial charge is 0.226 e. The Morgan fingerprint density at radius 3 is 2.63 bits per heavy atom. The number of hydrogen-bond acceptors (Lipinski definition) is 4. The van der Waals surface area contributed by atoms with E-state index in [0.717, 1.165) is 27.2 Å². The minimum Gasteiger partial charge on any atom is -0.494 e. The van der Waals surface area contributed by atoms with Gasteiger partial charge in [0.25, 0.3) is 0 Å². The average Bonchev–Trinajstić information content (AvgIpc) is 2.73. The van der Waals surface area contributed by atoms with Crippen molar-refractivity contribution < 1.29 is 19.1 Å². The molecule has 3 amide bonds. The van der Waals surface area contributed by atoms with Crippen molar-refractivity contribution in [2.45, 2.75) is 32.1 Å². The zero-order valence-corrected chi connectivity index (χ0v) is 18.1. The van der Waals surface area contributed by atoms with E-state index in [1.807, 2.05) is 30.3 Å². The van der Waals surface area contributed by atoms with E-state index in [2.05, 4.69) is 31.9 Å². The highest BCUT2D eigenvalue weighted by atomic mass is 79.9. The van der Waals surface area contributed by atoms with Gasteiger partial charge in [0, 0.05) is 41.7 Å². The molecule has 0 aliphatic carbocycles. The molecule has 3 rings (SSSR count). The number of fused-ring (bicyclic) bond motifs is 1. The van der Waals surface area contributed by atoms with Gasteiger partial charge in [0.05, 0.1) is 6.61 Å². The molecule has 1 heterocycles. The van der Waals surface area contributed by atoms with Crippen LogP contribution in [0.1, 0.15) is 31.2 Å². The Morgan fingerprint density at radius 1 is 1.03 bits per heavy atom. The van der Waals surface area contributed by atoms with Gasteiger partial charge in [-0.2, -0.15) is 0 Å². The second-order valence-electron chi connectivity index (χ2n) is 6.97. The molecule has 0 aromatic heterocycles. The molecule has 1 aliphatic heterocycles. The molecule has 2 aromatic carbocycles. The third-order valence-corrected chi connectivity index (χ3v) is 5.12. The third-order valence-electron chi connectivity index (χ3n) is 4.59. The van der Waals surface area contributed by atoms with Crippen LogP contribution in [0.25, 0.3) is 0 Å². The van der Waals surface area contributed by atoms with Crippen molar-refractivity contribution >= 4 is 45.0 Å². The minimum absolute atomic E-state index is 0.0352. The van der Waals surface area contributed by atoms with Crippen LogP contribution in [0.4, 0.5) is 11.4 Å². The molecule has 2 aromatic rings. The normalized spacial score (nSPS) is 12.5. The monoisotopic (exact) mass is 473 g/mol. The van der Waals surface area contributed by atoms with E-state index in [4.69, 9.17) is 4.74 Å². The van der Waals surface area contributed by atoms with E-state index >= 15 is 0 Å². The van der Waals surface area contributed by atoms with Crippen molar-refractivity contribution in [3.05, 3.63) is 52.5 Å². The number of amides is 3. The Bertz CT molecular complexity index is 915. The van der Waals surface area contributed by atoms with Crippen molar-refractivity contribution in [1.29, 1.82) is 0 Å². The highest BCUT2D eigenvalue weighted by Crippen LogP contribution is 2.26. The van der Waals surface area contributed by atoms with Crippen LogP contribution in [-0.4, -0.2) is 30.9 Å². The van der Waals surface area contributed by atoms with Gasteiger partial charge in [-0.25, -0.2) is 0 Å². The number of benzene rings is 2. The number of carbonyl (C=O) groups excluding carboxylic acids is 3. The number of rotatable bonds is 9. The number of nitrogens with one attached hydrogen (secondary N) is 3. The molecule has 3 N–H and O–H groups in total. The van der Waals surface area contributed by atoms with Gasteiger partial charge in [0.15, 0.2) is 0 Å². The Kier molecular flexibility index (Phi) is 7.84. The van der Waals surface area contributed by atoms with Gasteiger partial charge in [-0.1, -0.05) is 15.9 Å². The van der Waals surface area contributed by atoms with Crippen LogP contribution < -0.4 is 20.7 Å². The fourth-order valence-electron chi connectivity index (χ4n) is 3.03. The van der Waals surface area contributed by atoms with E-state index in [9.17, 15) is 14.4 Å². The maximum Gasteiger partial charge on any atom is 0.226 e. The zero-order valence-electron chi connectivity index (χ0n) is 16.5. The highest BCUT2D eigenvalue weighted by Gasteiger charge is 2.15. The Labute approximate surface area is 183 Å². The first-order valence-corrected chi connectivity index (χ1v) is 10.7. The summed E-state index contributed by atoms with van der Waals surface area (Å²) < 4.78 is 6.65. The summed E-state index contributed by atoms with van der Waals surface area (Å²) in [6, 6.07) is 12.9. The van der Waals surface area contributed by atoms with Gasteiger partial charge in [0.2, 0.25) is 17.7 Å². The van der Waals surface area contributed by atoms with E-state index in [0.29, 0.717) is 38.8 Å². The quantitative estimate of drug-likeness (QED) is 0.484. The molecular formula is C22H24BrN3O4. The lowest BCUT2D eigenvalue weighted by molar-refractivity contribution is -0.121. The average molecular weight is 474 g/mol. The van der Waals surface area contributed by atoms with Crippen molar-refractivity contribution in [2.75, 3.05) is 23.8 Å². The lowest BCUT2D eigenvalue weighted by atomic mass is 10.0. The predicted octanol–water partition coefficient (Wildman–Crippen LogP) is 3.64. The van der Waals surface area contributed by atoms with Crippen LogP contribution in [0.5, 0.6) is 5.75 Å². The molecule has 0 spiro atoms. The van der Waals surface area contributed by atoms with Gasteiger partial charge in [-0.3, -0.25) is 14.4 Å². The largest absolute Gasteiger partial charge is 0.494 e. The SMILES string of the molecule is O=C(CCCOc1ccc2c(c1)CCC(=O)N2)NCCC(=O)Nc1ccc(Br)cc1. The van der Waals surface area contributed by atoms with Crippen molar-refractivity contribution in [3.63, 3.8) is 0 Å². The topological polar surface area (TPSA) is 96.5 Å². The third kappa shape index (κ3) is 6.88. The molecular weight excluding hydrogens is 450 g/mol. The fraction of sp³-hybridized carbons (Fsp3) is 0.318. The lowest BCUT2D eigenvalue weighted by Crippen LogP contribution is -2.27. The van der Waals surface area contributed by atoms with E-state index < -0.39 is 0 Å². The molecule has 0 bridgehead atoms. The lowest BCUT2D eigenvalue weighted by Gasteiger charge is -2.17. The summed E-state index contributed by atoms with van der Waals surface area (Å²) in [5.41, 5.74) is 2.62. The van der Waals surface area contributed by atoms with E-state index in [-0.39, 0.29) is 24.1 Å². The first kappa shape index (κ1) is 21.8. The number of aryl methyl sites for hydroxylation is 1. The number of ether oxygens (including phenoxy) is 1. The molecule has 0 radical (unpaired) electrons. The standard InChI is InChI=1S/C22H24BrN3O4/c23-16-4-6-17(7-5-16)25-22(29)11-12-24-20(27)2-1-13-30-18-8-9-19-15(14-18)3-10-21(28)26-19/h4-9,14H,1-3,10-13H2,(H,24,27)(H,25,29)(H,26,28). The van der Waals surface area contributed by atoms with Gasteiger partial charge in [0.1, 0.15) is 5.75 Å². The molecule has 1 aliphatic rings. The number of anilines is 2. The molecule has 0 saturated carbocycles. The Hall–Kier alpha value is -2.87. The number of carbonyl (C=O) groups is 3. The molecule has 0 fully saturated rings. The van der Waals surface area contributed by atoms with Crippen LogP contribution in [0.15, 0.2) is 46.9 Å². The summed E-state index contributed by atoms with van der Waals surface area (Å²) in [7, 11) is 0. The molecule has 0 unspecified atom stereocenters. The predicted molar refractivity (Wildman–Crippen MR) is 119 cm³/mol. The first-order chi connectivity index (χ1) is 14.5. The first-order valence-electron chi connectivity index (χ1n) is 9.87. The molecule has 0 saturated heterocycles. The van der Waals surface area contributed by atoms with Crippen molar-refractivity contribution in [2.24, 2.45) is 0 Å². The van der Waals surface area contributed by atoms with E-state index in [1.54, 1.807) is 12.1 Å². The molecule has 8 heteroatoms. The van der Waals surface area contributed by atoms with Crippen LogP contribution >= 0.6 is 15.9 Å². The van der Waals surface area contributed by atoms with Gasteiger partial charge in [-0.05, 0) is 60.9 Å². The second kappa shape index (κ2) is 10.8. The summed E-state index contributed by atoms with van der Waals surface area (Å²) >= 11 is 3.34. The van der Waals surface area contributed by atoms with Gasteiger partial charge in [-0.15, -0.1) is 0 Å². The van der Waals surface area contributed by atoms with Crippen LogP contribution in [0, 0.1) is 0 Å². The zero-order chi connectivity index (χ0) is 21.3. The Morgan fingerprint density at radius 2 is 1.83 bits per heavy atom. The molecule has 7 nitrogen and oxygen atoms in total. The van der Waals surface area contributed by atoms with E-state index in [1.165, 1.54) is 0 Å². The van der Waals surface area contributed by atoms with Crippen molar-refractivity contribution in [3.8, 4) is 5.75 Å². The maximum atomic E-state index is 11.9. The van der Waals surface area contributed by atoms with Crippen LogP contribution in [0.3, 0.4) is 0 Å². The molecule has 0 atom stereocenters. The second-order valence-corrected chi connectivity index (χ2v) is 7.89. The summed E-state index contributed by atoms with van der Waals surface area (Å²) in [6.45, 7) is 0.710. The number of halogens is 1. The number of hydrogen-bond donors (Lipinski definition) is 3. The Balaban J connectivity index is 1.28. The van der Waals surface area contributed by atoms with Gasteiger partial charge >= 0.3 is 0 Å².